The van der Waals surface area contributed by atoms with Crippen LogP contribution in [0.3, 0.4) is 0 Å². The Kier molecular flexibility index (Phi) is 7.10. The lowest BCUT2D eigenvalue weighted by atomic mass is 9.90. The van der Waals surface area contributed by atoms with Gasteiger partial charge in [-0.25, -0.2) is 5.43 Å². The highest BCUT2D eigenvalue weighted by atomic mass is 19.4. The number of allylic oxidation sites excluding steroid dienone is 5. The number of amides is 1. The maximum atomic E-state index is 13.8. The third kappa shape index (κ3) is 5.31. The molecule has 35 heavy (non-hydrogen) atoms. The maximum Gasteiger partial charge on any atom is 0.416 e. The molecule has 3 atom stereocenters. The van der Waals surface area contributed by atoms with Crippen LogP contribution in [0, 0.1) is 0 Å². The first-order valence-electron chi connectivity index (χ1n) is 11.0. The molecule has 13 heteroatoms. The smallest absolute Gasteiger partial charge is 0.416 e. The highest BCUT2D eigenvalue weighted by molar-refractivity contribution is 5.95. The topological polar surface area (TPSA) is 130 Å². The molecule has 10 nitrogen and oxygen atoms in total. The number of nitrogens with one attached hydrogen (secondary N) is 5. The Morgan fingerprint density at radius 2 is 2.11 bits per heavy atom. The highest BCUT2D eigenvalue weighted by Crippen LogP contribution is 2.38. The van der Waals surface area contributed by atoms with E-state index in [1.54, 1.807) is 25.3 Å². The molecule has 0 aromatic carbocycles. The van der Waals surface area contributed by atoms with E-state index in [1.165, 1.54) is 17.2 Å². The van der Waals surface area contributed by atoms with E-state index in [9.17, 15) is 23.1 Å². The van der Waals surface area contributed by atoms with E-state index in [-0.39, 0.29) is 30.1 Å². The summed E-state index contributed by atoms with van der Waals surface area (Å²) in [5.41, 5.74) is 8.41. The Hall–Kier alpha value is -3.42. The maximum absolute atomic E-state index is 13.8. The number of hydrogen-bond acceptors (Lipinski definition) is 9. The van der Waals surface area contributed by atoms with E-state index >= 15 is 0 Å². The minimum Gasteiger partial charge on any atom is -0.491 e. The van der Waals surface area contributed by atoms with E-state index in [0.717, 1.165) is 6.08 Å². The largest absolute Gasteiger partial charge is 0.491 e. The monoisotopic (exact) mass is 496 g/mol. The molecule has 3 aliphatic heterocycles. The second-order valence-corrected chi connectivity index (χ2v) is 8.23. The molecule has 1 aliphatic carbocycles. The van der Waals surface area contributed by atoms with Crippen molar-refractivity contribution >= 4 is 5.91 Å². The third-order valence-corrected chi connectivity index (χ3v) is 5.68. The van der Waals surface area contributed by atoms with Crippen molar-refractivity contribution in [1.29, 1.82) is 0 Å². The van der Waals surface area contributed by atoms with E-state index in [1.807, 2.05) is 0 Å². The number of aliphatic hydroxyl groups excluding tert-OH is 2. The molecule has 190 valence electrons. The Morgan fingerprint density at radius 1 is 1.34 bits per heavy atom. The number of alkyl halides is 3. The summed E-state index contributed by atoms with van der Waals surface area (Å²) in [4.78, 5) is 13.1. The SMILES string of the molecule is CC1=C(C(=O)NC2=CC=CNN2)N2NC(C3=CCCC=C3C(F)(F)F)C=C(OC[C@H](O)CO)C2N1. The fraction of sp³-hybridized carbons (Fsp3) is 0.409. The standard InChI is InChI=1S/C22H27F3N6O4/c1-12-19(21(34)28-18-7-4-8-26-29-18)31-20(27-12)17(35-11-13(33)10-32)9-16(30-31)14-5-2-3-6-15(14)22(23,24)25/h4-9,13,16,20,26-27,29-30,32-33H,2-3,10-11H2,1H3,(H,28,34)/t13-,16?,20?/m1/s1. The number of carbonyl (C=O) groups excluding carboxylic acids is 1. The molecule has 0 bridgehead atoms. The minimum atomic E-state index is -4.55. The van der Waals surface area contributed by atoms with Crippen LogP contribution < -0.4 is 26.9 Å². The molecule has 4 aliphatic rings. The zero-order valence-electron chi connectivity index (χ0n) is 18.8. The molecule has 3 heterocycles. The van der Waals surface area contributed by atoms with Gasteiger partial charge in [0.1, 0.15) is 30.0 Å². The van der Waals surface area contributed by atoms with Gasteiger partial charge in [-0.1, -0.05) is 12.2 Å². The molecule has 1 amide bonds. The van der Waals surface area contributed by atoms with E-state index in [0.29, 0.717) is 17.9 Å². The van der Waals surface area contributed by atoms with E-state index < -0.39 is 42.6 Å². The number of halogens is 3. The number of hydrogen-bond donors (Lipinski definition) is 7. The zero-order chi connectivity index (χ0) is 25.2. The van der Waals surface area contributed by atoms with Gasteiger partial charge < -0.3 is 31.0 Å². The predicted octanol–water partition coefficient (Wildman–Crippen LogP) is 0.378. The molecule has 2 unspecified atom stereocenters. The molecule has 0 saturated heterocycles. The van der Waals surface area contributed by atoms with Crippen LogP contribution in [0.4, 0.5) is 13.2 Å². The van der Waals surface area contributed by atoms with Crippen molar-refractivity contribution in [3.05, 3.63) is 70.7 Å². The van der Waals surface area contributed by atoms with Crippen LogP contribution in [0.2, 0.25) is 0 Å². The average Bonchev–Trinajstić information content (AvgIpc) is 3.18. The zero-order valence-corrected chi connectivity index (χ0v) is 18.8. The van der Waals surface area contributed by atoms with Crippen LogP contribution in [0.15, 0.2) is 70.7 Å². The highest BCUT2D eigenvalue weighted by Gasteiger charge is 2.45. The summed E-state index contributed by atoms with van der Waals surface area (Å²) in [7, 11) is 0. The molecule has 4 rings (SSSR count). The first kappa shape index (κ1) is 24.7. The molecule has 7 N–H and O–H groups in total. The number of carbonyl (C=O) groups is 1. The van der Waals surface area contributed by atoms with Gasteiger partial charge in [0.15, 0.2) is 6.17 Å². The van der Waals surface area contributed by atoms with Gasteiger partial charge in [-0.2, -0.15) is 13.2 Å². The summed E-state index contributed by atoms with van der Waals surface area (Å²) >= 11 is 0. The first-order valence-corrected chi connectivity index (χ1v) is 11.0. The quantitative estimate of drug-likeness (QED) is 0.267. The van der Waals surface area contributed by atoms with Gasteiger partial charge in [-0.3, -0.25) is 15.2 Å². The van der Waals surface area contributed by atoms with Gasteiger partial charge in [0.05, 0.1) is 18.2 Å². The summed E-state index contributed by atoms with van der Waals surface area (Å²) in [6, 6.07) is -0.965. The number of rotatable bonds is 7. The van der Waals surface area contributed by atoms with Crippen molar-refractivity contribution in [1.82, 2.24) is 31.9 Å². The molecule has 0 saturated carbocycles. The van der Waals surface area contributed by atoms with Gasteiger partial charge in [0.25, 0.3) is 5.91 Å². The lowest BCUT2D eigenvalue weighted by Crippen LogP contribution is -2.57. The predicted molar refractivity (Wildman–Crippen MR) is 119 cm³/mol. The summed E-state index contributed by atoms with van der Waals surface area (Å²) in [6.07, 6.45) is 3.32. The Balaban J connectivity index is 1.64. The minimum absolute atomic E-state index is 0.0151. The van der Waals surface area contributed by atoms with Crippen LogP contribution in [-0.2, 0) is 9.53 Å². The Labute approximate surface area is 199 Å². The summed E-state index contributed by atoms with van der Waals surface area (Å²) in [5.74, 6) is 0.0710. The summed E-state index contributed by atoms with van der Waals surface area (Å²) < 4.78 is 47.0. The van der Waals surface area contributed by atoms with Gasteiger partial charge >= 0.3 is 6.18 Å². The van der Waals surface area contributed by atoms with E-state index in [2.05, 4.69) is 26.9 Å². The molecule has 0 spiro atoms. The van der Waals surface area contributed by atoms with Crippen molar-refractivity contribution in [2.45, 2.75) is 44.3 Å². The van der Waals surface area contributed by atoms with E-state index in [4.69, 9.17) is 9.84 Å². The van der Waals surface area contributed by atoms with Crippen LogP contribution in [-0.4, -0.2) is 58.8 Å². The van der Waals surface area contributed by atoms with Crippen LogP contribution in [0.5, 0.6) is 0 Å². The Morgan fingerprint density at radius 3 is 2.80 bits per heavy atom. The number of hydrazine groups is 2. The van der Waals surface area contributed by atoms with Gasteiger partial charge in [-0.05, 0) is 43.6 Å². The van der Waals surface area contributed by atoms with Crippen LogP contribution in [0.1, 0.15) is 19.8 Å². The molecule has 0 aromatic heterocycles. The number of aliphatic hydroxyl groups is 2. The number of fused-ring (bicyclic) bond motifs is 1. The molecule has 0 radical (unpaired) electrons. The molecular weight excluding hydrogens is 469 g/mol. The lowest BCUT2D eigenvalue weighted by molar-refractivity contribution is -0.119. The Bertz CT molecular complexity index is 1050. The molecule has 0 fully saturated rings. The average molecular weight is 496 g/mol. The number of nitrogens with zero attached hydrogens (tertiary/aromatic N) is 1. The normalized spacial score (nSPS) is 24.7. The van der Waals surface area contributed by atoms with Crippen molar-refractivity contribution < 1.29 is 32.9 Å². The van der Waals surface area contributed by atoms with Crippen LogP contribution in [0.25, 0.3) is 0 Å². The second-order valence-electron chi connectivity index (χ2n) is 8.23. The molecular formula is C22H27F3N6O4. The van der Waals surface area contributed by atoms with Gasteiger partial charge in [0.2, 0.25) is 0 Å². The summed E-state index contributed by atoms with van der Waals surface area (Å²) in [5, 5.41) is 26.1. The summed E-state index contributed by atoms with van der Waals surface area (Å²) in [6.45, 7) is 0.835. The lowest BCUT2D eigenvalue weighted by Gasteiger charge is -2.39. The third-order valence-electron chi connectivity index (χ3n) is 5.68. The van der Waals surface area contributed by atoms with Crippen molar-refractivity contribution in [3.63, 3.8) is 0 Å². The second kappa shape index (κ2) is 10.1. The first-order chi connectivity index (χ1) is 16.7. The number of ether oxygens (including phenoxy) is 1. The van der Waals surface area contributed by atoms with Crippen molar-refractivity contribution in [2.24, 2.45) is 0 Å². The van der Waals surface area contributed by atoms with Gasteiger partial charge in [0, 0.05) is 11.9 Å². The fourth-order valence-electron chi connectivity index (χ4n) is 4.12. The van der Waals surface area contributed by atoms with Crippen molar-refractivity contribution in [3.8, 4) is 0 Å². The van der Waals surface area contributed by atoms with Crippen molar-refractivity contribution in [2.75, 3.05) is 13.2 Å². The fourth-order valence-corrected chi connectivity index (χ4v) is 4.12. The van der Waals surface area contributed by atoms with Crippen LogP contribution >= 0.6 is 0 Å². The van der Waals surface area contributed by atoms with Gasteiger partial charge in [-0.15, -0.1) is 0 Å². The molecule has 0 aromatic rings.